The zero-order chi connectivity index (χ0) is 11.5. The molecule has 1 aliphatic rings. The minimum atomic E-state index is -0.425. The molecule has 1 fully saturated rings. The van der Waals surface area contributed by atoms with E-state index in [2.05, 4.69) is 22.1 Å². The zero-order valence-corrected chi connectivity index (χ0v) is 9.89. The standard InChI is InChI=1S/C11H19N3O2/c1-8(15)7-10-12-11(13-16-10)9-3-5-14(2)6-4-9/h8-9,15H,3-7H2,1-2H3. The van der Waals surface area contributed by atoms with E-state index in [0.717, 1.165) is 31.8 Å². The van der Waals surface area contributed by atoms with Gasteiger partial charge in [-0.2, -0.15) is 4.98 Å². The fourth-order valence-electron chi connectivity index (χ4n) is 2.04. The molecule has 1 unspecified atom stereocenters. The van der Waals surface area contributed by atoms with E-state index in [4.69, 9.17) is 4.52 Å². The van der Waals surface area contributed by atoms with Gasteiger partial charge in [0.25, 0.3) is 0 Å². The Morgan fingerprint density at radius 2 is 2.19 bits per heavy atom. The first kappa shape index (κ1) is 11.5. The van der Waals surface area contributed by atoms with Gasteiger partial charge in [-0.1, -0.05) is 5.16 Å². The minimum absolute atomic E-state index is 0.419. The highest BCUT2D eigenvalue weighted by atomic mass is 16.5. The highest BCUT2D eigenvalue weighted by Gasteiger charge is 2.23. The molecule has 0 amide bonds. The van der Waals surface area contributed by atoms with Gasteiger partial charge >= 0.3 is 0 Å². The normalized spacial score (nSPS) is 21.2. The Balaban J connectivity index is 1.96. The van der Waals surface area contributed by atoms with Gasteiger partial charge in [-0.15, -0.1) is 0 Å². The predicted octanol–water partition coefficient (Wildman–Crippen LogP) is 0.802. The Labute approximate surface area is 95.4 Å². The Morgan fingerprint density at radius 3 is 2.81 bits per heavy atom. The van der Waals surface area contributed by atoms with Crippen LogP contribution in [0.15, 0.2) is 4.52 Å². The lowest BCUT2D eigenvalue weighted by Gasteiger charge is -2.26. The summed E-state index contributed by atoms with van der Waals surface area (Å²) in [5.74, 6) is 1.77. The van der Waals surface area contributed by atoms with Gasteiger partial charge < -0.3 is 14.5 Å². The number of aliphatic hydroxyl groups is 1. The first-order valence-electron chi connectivity index (χ1n) is 5.84. The van der Waals surface area contributed by atoms with Gasteiger partial charge in [0.15, 0.2) is 5.82 Å². The molecule has 16 heavy (non-hydrogen) atoms. The Bertz CT molecular complexity index is 330. The van der Waals surface area contributed by atoms with Crippen LogP contribution in [0.25, 0.3) is 0 Å². The predicted molar refractivity (Wildman–Crippen MR) is 59.2 cm³/mol. The molecule has 90 valence electrons. The molecule has 1 atom stereocenters. The molecule has 0 radical (unpaired) electrons. The van der Waals surface area contributed by atoms with Crippen LogP contribution in [-0.2, 0) is 6.42 Å². The summed E-state index contributed by atoms with van der Waals surface area (Å²) in [7, 11) is 2.13. The van der Waals surface area contributed by atoms with Gasteiger partial charge in [-0.05, 0) is 39.9 Å². The Hall–Kier alpha value is -0.940. The number of hydrogen-bond donors (Lipinski definition) is 1. The minimum Gasteiger partial charge on any atom is -0.393 e. The lowest BCUT2D eigenvalue weighted by atomic mass is 9.97. The Morgan fingerprint density at radius 1 is 1.50 bits per heavy atom. The van der Waals surface area contributed by atoms with Crippen molar-refractivity contribution in [2.45, 2.75) is 38.2 Å². The summed E-state index contributed by atoms with van der Waals surface area (Å²) in [4.78, 5) is 6.66. The molecule has 1 saturated heterocycles. The largest absolute Gasteiger partial charge is 0.393 e. The molecule has 5 nitrogen and oxygen atoms in total. The molecule has 2 heterocycles. The van der Waals surface area contributed by atoms with Crippen LogP contribution in [0.1, 0.15) is 37.4 Å². The molecule has 1 aliphatic heterocycles. The van der Waals surface area contributed by atoms with Crippen LogP contribution in [0.2, 0.25) is 0 Å². The maximum Gasteiger partial charge on any atom is 0.229 e. The van der Waals surface area contributed by atoms with Crippen LogP contribution in [0.3, 0.4) is 0 Å². The summed E-state index contributed by atoms with van der Waals surface area (Å²) >= 11 is 0. The van der Waals surface area contributed by atoms with Crippen molar-refractivity contribution in [3.05, 3.63) is 11.7 Å². The quantitative estimate of drug-likeness (QED) is 0.824. The molecule has 0 saturated carbocycles. The first-order valence-corrected chi connectivity index (χ1v) is 5.84. The second-order valence-electron chi connectivity index (χ2n) is 4.68. The van der Waals surface area contributed by atoms with Gasteiger partial charge in [0.2, 0.25) is 5.89 Å². The fourth-order valence-corrected chi connectivity index (χ4v) is 2.04. The van der Waals surface area contributed by atoms with Crippen LogP contribution in [0, 0.1) is 0 Å². The van der Waals surface area contributed by atoms with Crippen molar-refractivity contribution in [1.82, 2.24) is 15.0 Å². The summed E-state index contributed by atoms with van der Waals surface area (Å²) in [6.07, 6.45) is 2.19. The third-order valence-electron chi connectivity index (χ3n) is 3.04. The lowest BCUT2D eigenvalue weighted by molar-refractivity contribution is 0.181. The van der Waals surface area contributed by atoms with E-state index in [1.807, 2.05) is 0 Å². The van der Waals surface area contributed by atoms with Crippen LogP contribution >= 0.6 is 0 Å². The van der Waals surface area contributed by atoms with Gasteiger partial charge in [0, 0.05) is 5.92 Å². The number of nitrogens with zero attached hydrogens (tertiary/aromatic N) is 3. The van der Waals surface area contributed by atoms with Crippen molar-refractivity contribution in [3.8, 4) is 0 Å². The van der Waals surface area contributed by atoms with E-state index in [9.17, 15) is 5.11 Å². The van der Waals surface area contributed by atoms with Crippen molar-refractivity contribution >= 4 is 0 Å². The van der Waals surface area contributed by atoms with Crippen LogP contribution in [0.5, 0.6) is 0 Å². The molecular formula is C11H19N3O2. The molecule has 1 aromatic rings. The maximum atomic E-state index is 9.23. The van der Waals surface area contributed by atoms with Crippen LogP contribution in [0.4, 0.5) is 0 Å². The van der Waals surface area contributed by atoms with Crippen molar-refractivity contribution in [2.24, 2.45) is 0 Å². The van der Waals surface area contributed by atoms with Crippen molar-refractivity contribution in [1.29, 1.82) is 0 Å². The van der Waals surface area contributed by atoms with E-state index in [1.54, 1.807) is 6.92 Å². The molecule has 1 aromatic heterocycles. The molecule has 0 spiro atoms. The monoisotopic (exact) mass is 225 g/mol. The molecule has 1 N–H and O–H groups in total. The summed E-state index contributed by atoms with van der Waals surface area (Å²) in [5.41, 5.74) is 0. The number of aromatic nitrogens is 2. The SMILES string of the molecule is CC(O)Cc1nc(C2CCN(C)CC2)no1. The third-order valence-corrected chi connectivity index (χ3v) is 3.04. The van der Waals surface area contributed by atoms with Gasteiger partial charge in [-0.3, -0.25) is 0 Å². The molecule has 0 bridgehead atoms. The molecule has 5 heteroatoms. The van der Waals surface area contributed by atoms with Crippen molar-refractivity contribution < 1.29 is 9.63 Å². The second-order valence-corrected chi connectivity index (χ2v) is 4.68. The molecule has 2 rings (SSSR count). The highest BCUT2D eigenvalue weighted by molar-refractivity contribution is 4.98. The van der Waals surface area contributed by atoms with Crippen LogP contribution < -0.4 is 0 Å². The zero-order valence-electron chi connectivity index (χ0n) is 9.89. The number of hydrogen-bond acceptors (Lipinski definition) is 5. The summed E-state index contributed by atoms with van der Waals surface area (Å²) < 4.78 is 5.12. The number of rotatable bonds is 3. The fraction of sp³-hybridized carbons (Fsp3) is 0.818. The summed E-state index contributed by atoms with van der Waals surface area (Å²) in [6.45, 7) is 3.90. The first-order chi connectivity index (χ1) is 7.65. The Kier molecular flexibility index (Phi) is 3.56. The maximum absolute atomic E-state index is 9.23. The number of piperidine rings is 1. The third kappa shape index (κ3) is 2.80. The molecule has 0 aromatic carbocycles. The van der Waals surface area contributed by atoms with E-state index in [-0.39, 0.29) is 0 Å². The number of likely N-dealkylation sites (tertiary alicyclic amines) is 1. The van der Waals surface area contributed by atoms with Crippen molar-refractivity contribution in [3.63, 3.8) is 0 Å². The average molecular weight is 225 g/mol. The van der Waals surface area contributed by atoms with Gasteiger partial charge in [0.05, 0.1) is 12.5 Å². The second kappa shape index (κ2) is 4.93. The topological polar surface area (TPSA) is 62.4 Å². The van der Waals surface area contributed by atoms with Crippen molar-refractivity contribution in [2.75, 3.05) is 20.1 Å². The smallest absolute Gasteiger partial charge is 0.229 e. The molecular weight excluding hydrogens is 206 g/mol. The van der Waals surface area contributed by atoms with Gasteiger partial charge in [-0.25, -0.2) is 0 Å². The van der Waals surface area contributed by atoms with E-state index in [0.29, 0.717) is 18.2 Å². The van der Waals surface area contributed by atoms with Crippen LogP contribution in [-0.4, -0.2) is 46.4 Å². The summed E-state index contributed by atoms with van der Waals surface area (Å²) in [6, 6.07) is 0. The highest BCUT2D eigenvalue weighted by Crippen LogP contribution is 2.25. The van der Waals surface area contributed by atoms with E-state index < -0.39 is 6.10 Å². The summed E-state index contributed by atoms with van der Waals surface area (Å²) in [5, 5.41) is 13.2. The van der Waals surface area contributed by atoms with E-state index >= 15 is 0 Å². The number of aliphatic hydroxyl groups excluding tert-OH is 1. The average Bonchev–Trinajstić information content (AvgIpc) is 2.66. The van der Waals surface area contributed by atoms with E-state index in [1.165, 1.54) is 0 Å². The lowest BCUT2D eigenvalue weighted by Crippen LogP contribution is -2.29. The molecule has 0 aliphatic carbocycles. The van der Waals surface area contributed by atoms with Gasteiger partial charge in [0.1, 0.15) is 0 Å².